The number of hydrogen-bond acceptors (Lipinski definition) is 8. The Bertz CT molecular complexity index is 1130. The summed E-state index contributed by atoms with van der Waals surface area (Å²) in [7, 11) is 0. The van der Waals surface area contributed by atoms with Crippen molar-refractivity contribution < 1.29 is 19.1 Å². The molecule has 4 rings (SSSR count). The zero-order valence-electron chi connectivity index (χ0n) is 16.7. The molecule has 1 atom stereocenters. The smallest absolute Gasteiger partial charge is 0.325 e. The van der Waals surface area contributed by atoms with Crippen LogP contribution in [0.25, 0.3) is 10.2 Å². The van der Waals surface area contributed by atoms with E-state index in [1.165, 1.54) is 18.1 Å². The fourth-order valence-electron chi connectivity index (χ4n) is 3.52. The van der Waals surface area contributed by atoms with Crippen LogP contribution in [-0.2, 0) is 20.7 Å². The number of fused-ring (bicyclic) bond motifs is 3. The van der Waals surface area contributed by atoms with Gasteiger partial charge in [0, 0.05) is 16.0 Å². The van der Waals surface area contributed by atoms with Crippen LogP contribution in [-0.4, -0.2) is 40.2 Å². The van der Waals surface area contributed by atoms with Crippen molar-refractivity contribution in [1.29, 1.82) is 0 Å². The van der Waals surface area contributed by atoms with Crippen molar-refractivity contribution in [2.45, 2.75) is 30.7 Å². The van der Waals surface area contributed by atoms with Crippen molar-refractivity contribution >= 4 is 56.9 Å². The number of aromatic nitrogens is 2. The Morgan fingerprint density at radius 2 is 2.03 bits per heavy atom. The predicted octanol–water partition coefficient (Wildman–Crippen LogP) is 3.72. The first-order valence-corrected chi connectivity index (χ1v) is 11.6. The summed E-state index contributed by atoms with van der Waals surface area (Å²) in [5.41, 5.74) is 1.51. The highest BCUT2D eigenvalue weighted by Crippen LogP contribution is 2.46. The SMILES string of the molecule is CCOC(=O)[C@H]1CCc2sc3ncnc(SCC(=O)NC(=O)Nc4ccccc4)c3c21. The van der Waals surface area contributed by atoms with E-state index >= 15 is 0 Å². The van der Waals surface area contributed by atoms with Crippen LogP contribution in [0.4, 0.5) is 10.5 Å². The minimum atomic E-state index is -0.594. The number of nitrogens with zero attached hydrogens (tertiary/aromatic N) is 2. The van der Waals surface area contributed by atoms with Gasteiger partial charge in [-0.05, 0) is 37.5 Å². The van der Waals surface area contributed by atoms with Gasteiger partial charge in [0.15, 0.2) is 0 Å². The van der Waals surface area contributed by atoms with Gasteiger partial charge in [0.05, 0.1) is 18.3 Å². The van der Waals surface area contributed by atoms with Crippen LogP contribution in [0.1, 0.15) is 29.7 Å². The first-order chi connectivity index (χ1) is 15.1. The maximum Gasteiger partial charge on any atom is 0.325 e. The van der Waals surface area contributed by atoms with Crippen LogP contribution < -0.4 is 10.6 Å². The van der Waals surface area contributed by atoms with Gasteiger partial charge in [0.2, 0.25) is 5.91 Å². The van der Waals surface area contributed by atoms with Gasteiger partial charge in [0.25, 0.3) is 0 Å². The first-order valence-electron chi connectivity index (χ1n) is 9.78. The molecular weight excluding hydrogens is 436 g/mol. The Balaban J connectivity index is 1.46. The molecule has 2 N–H and O–H groups in total. The van der Waals surface area contributed by atoms with Crippen molar-refractivity contribution in [3.05, 3.63) is 47.1 Å². The standard InChI is InChI=1S/C21H20N4O4S2/c1-2-29-20(27)13-8-9-14-16(13)17-18(22-11-23-19(17)31-14)30-10-15(26)25-21(28)24-12-6-4-3-5-7-12/h3-7,11,13H,2,8-10H2,1H3,(H2,24,25,26,28)/t13-/m0/s1. The number of nitrogens with one attached hydrogen (secondary N) is 2. The molecule has 0 radical (unpaired) electrons. The number of urea groups is 1. The highest BCUT2D eigenvalue weighted by molar-refractivity contribution is 8.00. The molecule has 160 valence electrons. The number of carbonyl (C=O) groups is 3. The van der Waals surface area contributed by atoms with Crippen molar-refractivity contribution in [1.82, 2.24) is 15.3 Å². The third-order valence-corrected chi connectivity index (χ3v) is 6.93. The number of hydrogen-bond donors (Lipinski definition) is 2. The second-order valence-corrected chi connectivity index (χ2v) is 8.85. The van der Waals surface area contributed by atoms with Gasteiger partial charge in [-0.25, -0.2) is 14.8 Å². The number of amides is 3. The third kappa shape index (κ3) is 4.70. The summed E-state index contributed by atoms with van der Waals surface area (Å²) in [6.07, 6.45) is 2.95. The minimum Gasteiger partial charge on any atom is -0.466 e. The number of aryl methyl sites for hydroxylation is 1. The number of anilines is 1. The zero-order chi connectivity index (χ0) is 21.8. The van der Waals surface area contributed by atoms with E-state index < -0.39 is 11.9 Å². The van der Waals surface area contributed by atoms with E-state index in [2.05, 4.69) is 20.6 Å². The Labute approximate surface area is 186 Å². The van der Waals surface area contributed by atoms with E-state index in [9.17, 15) is 14.4 Å². The number of esters is 1. The average molecular weight is 457 g/mol. The predicted molar refractivity (Wildman–Crippen MR) is 119 cm³/mol. The van der Waals surface area contributed by atoms with Gasteiger partial charge in [-0.15, -0.1) is 11.3 Å². The molecule has 0 saturated heterocycles. The Morgan fingerprint density at radius 3 is 2.81 bits per heavy atom. The molecule has 0 saturated carbocycles. The number of thioether (sulfide) groups is 1. The molecule has 2 aromatic heterocycles. The molecule has 3 amide bonds. The average Bonchev–Trinajstić information content (AvgIpc) is 3.32. The molecule has 2 heterocycles. The molecule has 31 heavy (non-hydrogen) atoms. The Kier molecular flexibility index (Phi) is 6.47. The topological polar surface area (TPSA) is 110 Å². The number of carbonyl (C=O) groups excluding carboxylic acids is 3. The summed E-state index contributed by atoms with van der Waals surface area (Å²) in [6.45, 7) is 2.12. The summed E-state index contributed by atoms with van der Waals surface area (Å²) in [4.78, 5) is 47.3. The lowest BCUT2D eigenvalue weighted by molar-refractivity contribution is -0.144. The molecule has 0 fully saturated rings. The molecule has 1 aliphatic rings. The van der Waals surface area contributed by atoms with Crippen LogP contribution in [0, 0.1) is 0 Å². The fraction of sp³-hybridized carbons (Fsp3) is 0.286. The summed E-state index contributed by atoms with van der Waals surface area (Å²) >= 11 is 2.76. The molecule has 0 aliphatic heterocycles. The van der Waals surface area contributed by atoms with Crippen LogP contribution in [0.15, 0.2) is 41.7 Å². The first kappa shape index (κ1) is 21.3. The lowest BCUT2D eigenvalue weighted by Gasteiger charge is -2.11. The molecule has 1 aromatic carbocycles. The molecule has 0 unspecified atom stereocenters. The molecule has 0 spiro atoms. The van der Waals surface area contributed by atoms with E-state index in [1.54, 1.807) is 42.5 Å². The van der Waals surface area contributed by atoms with Gasteiger partial charge in [0.1, 0.15) is 16.2 Å². The number of ether oxygens (including phenoxy) is 1. The van der Waals surface area contributed by atoms with E-state index in [4.69, 9.17) is 4.74 Å². The van der Waals surface area contributed by atoms with Crippen molar-refractivity contribution in [3.8, 4) is 0 Å². The molecule has 0 bridgehead atoms. The lowest BCUT2D eigenvalue weighted by atomic mass is 10.0. The Hall–Kier alpha value is -2.98. The zero-order valence-corrected chi connectivity index (χ0v) is 18.3. The molecule has 8 nitrogen and oxygen atoms in total. The number of thiophene rings is 1. The Morgan fingerprint density at radius 1 is 1.23 bits per heavy atom. The summed E-state index contributed by atoms with van der Waals surface area (Å²) < 4.78 is 5.24. The van der Waals surface area contributed by atoms with Crippen LogP contribution in [0.3, 0.4) is 0 Å². The van der Waals surface area contributed by atoms with E-state index in [1.807, 2.05) is 6.07 Å². The van der Waals surface area contributed by atoms with E-state index in [0.717, 1.165) is 27.1 Å². The minimum absolute atomic E-state index is 0.00299. The van der Waals surface area contributed by atoms with Crippen molar-refractivity contribution in [2.24, 2.45) is 0 Å². The monoisotopic (exact) mass is 456 g/mol. The highest BCUT2D eigenvalue weighted by atomic mass is 32.2. The van der Waals surface area contributed by atoms with Crippen molar-refractivity contribution in [3.63, 3.8) is 0 Å². The number of rotatable bonds is 6. The molecular formula is C21H20N4O4S2. The van der Waals surface area contributed by atoms with Gasteiger partial charge in [-0.2, -0.15) is 0 Å². The summed E-state index contributed by atoms with van der Waals surface area (Å²) in [5.74, 6) is -1.02. The highest BCUT2D eigenvalue weighted by Gasteiger charge is 2.35. The van der Waals surface area contributed by atoms with Crippen LogP contribution >= 0.6 is 23.1 Å². The largest absolute Gasteiger partial charge is 0.466 e. The molecule has 10 heteroatoms. The maximum absolute atomic E-state index is 12.4. The third-order valence-electron chi connectivity index (χ3n) is 4.77. The maximum atomic E-state index is 12.4. The summed E-state index contributed by atoms with van der Waals surface area (Å²) in [5, 5.41) is 6.35. The van der Waals surface area contributed by atoms with E-state index in [-0.39, 0.29) is 17.6 Å². The van der Waals surface area contributed by atoms with Gasteiger partial charge in [-0.3, -0.25) is 14.9 Å². The molecule has 3 aromatic rings. The van der Waals surface area contributed by atoms with Gasteiger partial charge < -0.3 is 10.1 Å². The van der Waals surface area contributed by atoms with Gasteiger partial charge >= 0.3 is 12.0 Å². The normalized spacial score (nSPS) is 14.8. The van der Waals surface area contributed by atoms with E-state index in [0.29, 0.717) is 23.7 Å². The van der Waals surface area contributed by atoms with Gasteiger partial charge in [-0.1, -0.05) is 30.0 Å². The second-order valence-electron chi connectivity index (χ2n) is 6.80. The lowest BCUT2D eigenvalue weighted by Crippen LogP contribution is -2.35. The summed E-state index contributed by atoms with van der Waals surface area (Å²) in [6, 6.07) is 8.28. The quantitative estimate of drug-likeness (QED) is 0.330. The van der Waals surface area contributed by atoms with Crippen LogP contribution in [0.5, 0.6) is 0 Å². The molecule has 1 aliphatic carbocycles. The van der Waals surface area contributed by atoms with Crippen molar-refractivity contribution in [2.75, 3.05) is 17.7 Å². The van der Waals surface area contributed by atoms with Crippen LogP contribution in [0.2, 0.25) is 0 Å². The second kappa shape index (κ2) is 9.44. The fourth-order valence-corrected chi connectivity index (χ4v) is 5.61. The number of para-hydroxylation sites is 1. The number of benzene rings is 1. The number of imide groups is 1.